The summed E-state index contributed by atoms with van der Waals surface area (Å²) in [6.45, 7) is 3.96. The average Bonchev–Trinajstić information content (AvgIpc) is 3.01. The van der Waals surface area contributed by atoms with Gasteiger partial charge in [0.1, 0.15) is 0 Å². The molecule has 2 bridgehead atoms. The molecule has 0 aromatic heterocycles. The molecule has 0 heterocycles. The molecule has 4 rings (SSSR count). The Balaban J connectivity index is 1.64. The zero-order valence-electron chi connectivity index (χ0n) is 12.3. The van der Waals surface area contributed by atoms with E-state index < -0.39 is 0 Å². The fourth-order valence-corrected chi connectivity index (χ4v) is 3.79. The lowest BCUT2D eigenvalue weighted by molar-refractivity contribution is 0.140. The van der Waals surface area contributed by atoms with Crippen molar-refractivity contribution in [3.63, 3.8) is 0 Å². The first-order valence-electron chi connectivity index (χ1n) is 7.47. The molecule has 0 spiro atoms. The van der Waals surface area contributed by atoms with Crippen LogP contribution in [0.15, 0.2) is 61.0 Å². The van der Waals surface area contributed by atoms with Crippen LogP contribution in [0, 0.1) is 5.41 Å². The predicted octanol–water partition coefficient (Wildman–Crippen LogP) is 2.87. The molecule has 0 amide bonds. The maximum atomic E-state index is 6.10. The molecule has 110 valence electrons. The first kappa shape index (κ1) is 13.8. The third-order valence-corrected chi connectivity index (χ3v) is 4.87. The molecule has 0 saturated heterocycles. The summed E-state index contributed by atoms with van der Waals surface area (Å²) in [6.07, 6.45) is 10.5. The van der Waals surface area contributed by atoms with Crippen molar-refractivity contribution < 1.29 is 0 Å². The van der Waals surface area contributed by atoms with Crippen LogP contribution in [0.1, 0.15) is 31.2 Å². The predicted molar refractivity (Wildman–Crippen MR) is 87.8 cm³/mol. The molecular formula is C18H23N3. The molecule has 0 unspecified atom stereocenters. The van der Waals surface area contributed by atoms with Crippen LogP contribution in [0.2, 0.25) is 0 Å². The number of fused-ring (bicyclic) bond motifs is 1. The number of benzene rings is 1. The number of allylic oxidation sites excluding steroid dienone is 3. The average molecular weight is 281 g/mol. The van der Waals surface area contributed by atoms with Crippen LogP contribution in [0.4, 0.5) is 0 Å². The lowest BCUT2D eigenvalue weighted by atomic mass is 9.65. The Hall–Kier alpha value is -2.16. The summed E-state index contributed by atoms with van der Waals surface area (Å²) in [5.41, 5.74) is 14.4. The number of hydrogen-bond acceptors (Lipinski definition) is 3. The van der Waals surface area contributed by atoms with Gasteiger partial charge in [0.25, 0.3) is 0 Å². The van der Waals surface area contributed by atoms with Crippen molar-refractivity contribution in [2.45, 2.75) is 31.2 Å². The van der Waals surface area contributed by atoms with E-state index in [1.807, 2.05) is 42.5 Å². The van der Waals surface area contributed by atoms with Crippen LogP contribution < -0.4 is 16.8 Å². The Morgan fingerprint density at radius 1 is 1.10 bits per heavy atom. The van der Waals surface area contributed by atoms with Crippen molar-refractivity contribution >= 4 is 5.70 Å². The van der Waals surface area contributed by atoms with Gasteiger partial charge in [0.15, 0.2) is 0 Å². The van der Waals surface area contributed by atoms with Crippen LogP contribution in [-0.2, 0) is 0 Å². The van der Waals surface area contributed by atoms with Crippen molar-refractivity contribution in [1.29, 1.82) is 0 Å². The minimum Gasteiger partial charge on any atom is -0.398 e. The van der Waals surface area contributed by atoms with Crippen LogP contribution in [0.5, 0.6) is 0 Å². The number of nitrogens with one attached hydrogen (secondary N) is 1. The van der Waals surface area contributed by atoms with Gasteiger partial charge in [-0.3, -0.25) is 0 Å². The highest BCUT2D eigenvalue weighted by Crippen LogP contribution is 2.62. The summed E-state index contributed by atoms with van der Waals surface area (Å²) in [4.78, 5) is 0. The molecule has 3 heteroatoms. The molecule has 3 fully saturated rings. The molecule has 0 aliphatic heterocycles. The normalized spacial score (nSPS) is 31.6. The lowest BCUT2D eigenvalue weighted by Crippen LogP contribution is -2.53. The van der Waals surface area contributed by atoms with Crippen molar-refractivity contribution in [1.82, 2.24) is 5.32 Å². The number of nitrogens with two attached hydrogens (primary N) is 2. The highest BCUT2D eigenvalue weighted by molar-refractivity contribution is 5.64. The van der Waals surface area contributed by atoms with Gasteiger partial charge in [0.2, 0.25) is 0 Å². The lowest BCUT2D eigenvalue weighted by Gasteiger charge is -2.46. The Labute approximate surface area is 126 Å². The van der Waals surface area contributed by atoms with Gasteiger partial charge in [0.05, 0.1) is 5.82 Å². The smallest absolute Gasteiger partial charge is 0.0965 e. The van der Waals surface area contributed by atoms with Crippen molar-refractivity contribution in [2.75, 3.05) is 0 Å². The summed E-state index contributed by atoms with van der Waals surface area (Å²) in [5.74, 6) is 0.688. The maximum absolute atomic E-state index is 6.10. The van der Waals surface area contributed by atoms with E-state index in [0.717, 1.165) is 24.1 Å². The molecule has 3 aliphatic carbocycles. The van der Waals surface area contributed by atoms with Gasteiger partial charge in [0, 0.05) is 11.2 Å². The zero-order valence-corrected chi connectivity index (χ0v) is 12.3. The molecule has 0 radical (unpaired) electrons. The van der Waals surface area contributed by atoms with Gasteiger partial charge in [-0.25, -0.2) is 0 Å². The van der Waals surface area contributed by atoms with Gasteiger partial charge < -0.3 is 16.8 Å². The minimum atomic E-state index is 0.185. The number of rotatable bonds is 5. The summed E-state index contributed by atoms with van der Waals surface area (Å²) >= 11 is 0. The maximum Gasteiger partial charge on any atom is 0.0965 e. The van der Waals surface area contributed by atoms with E-state index in [1.54, 1.807) is 0 Å². The third kappa shape index (κ3) is 2.56. The van der Waals surface area contributed by atoms with Gasteiger partial charge in [-0.2, -0.15) is 0 Å². The van der Waals surface area contributed by atoms with Gasteiger partial charge in [-0.1, -0.05) is 36.4 Å². The van der Waals surface area contributed by atoms with Gasteiger partial charge >= 0.3 is 0 Å². The van der Waals surface area contributed by atoms with Crippen molar-refractivity contribution in [3.8, 4) is 0 Å². The molecule has 3 saturated carbocycles. The largest absolute Gasteiger partial charge is 0.398 e. The summed E-state index contributed by atoms with van der Waals surface area (Å²) in [5, 5.41) is 3.48. The molecular weight excluding hydrogens is 258 g/mol. The standard InChI is InChI=1S/C18H23N3/c1-2-17-10-11-18(12-17,13-17)21-16(20)9-8-15(19)14-6-4-3-5-7-14/h2-9,21H,1,10-13,19-20H2/b15-8-,16-9+. The van der Waals surface area contributed by atoms with E-state index >= 15 is 0 Å². The van der Waals surface area contributed by atoms with E-state index in [1.165, 1.54) is 12.8 Å². The van der Waals surface area contributed by atoms with E-state index in [9.17, 15) is 0 Å². The summed E-state index contributed by atoms with van der Waals surface area (Å²) in [7, 11) is 0. The fraction of sp³-hybridized carbons (Fsp3) is 0.333. The SMILES string of the molecule is C=CC12CCC(N/C(N)=C/C=C(\N)c3ccccc3)(C1)C2. The summed E-state index contributed by atoms with van der Waals surface area (Å²) in [6, 6.07) is 9.90. The summed E-state index contributed by atoms with van der Waals surface area (Å²) < 4.78 is 0. The van der Waals surface area contributed by atoms with E-state index in [-0.39, 0.29) is 5.54 Å². The topological polar surface area (TPSA) is 64.1 Å². The number of hydrogen-bond donors (Lipinski definition) is 3. The van der Waals surface area contributed by atoms with Gasteiger partial charge in [-0.05, 0) is 48.8 Å². The fourth-order valence-electron chi connectivity index (χ4n) is 3.79. The Kier molecular flexibility index (Phi) is 3.28. The first-order chi connectivity index (χ1) is 10.1. The highest BCUT2D eigenvalue weighted by Gasteiger charge is 2.59. The van der Waals surface area contributed by atoms with E-state index in [4.69, 9.17) is 11.5 Å². The molecule has 3 nitrogen and oxygen atoms in total. The molecule has 5 N–H and O–H groups in total. The van der Waals surface area contributed by atoms with Crippen LogP contribution in [-0.4, -0.2) is 5.54 Å². The highest BCUT2D eigenvalue weighted by atomic mass is 15.1. The second-order valence-electron chi connectivity index (χ2n) is 6.44. The quantitative estimate of drug-likeness (QED) is 0.574. The van der Waals surface area contributed by atoms with E-state index in [0.29, 0.717) is 11.2 Å². The zero-order chi connectivity index (χ0) is 14.9. The molecule has 21 heavy (non-hydrogen) atoms. The molecule has 0 atom stereocenters. The monoisotopic (exact) mass is 281 g/mol. The Bertz CT molecular complexity index is 592. The first-order valence-corrected chi connectivity index (χ1v) is 7.47. The van der Waals surface area contributed by atoms with Crippen LogP contribution in [0.25, 0.3) is 5.70 Å². The van der Waals surface area contributed by atoms with Crippen LogP contribution in [0.3, 0.4) is 0 Å². The van der Waals surface area contributed by atoms with Gasteiger partial charge in [-0.15, -0.1) is 6.58 Å². The second kappa shape index (κ2) is 4.99. The Morgan fingerprint density at radius 3 is 2.43 bits per heavy atom. The second-order valence-corrected chi connectivity index (χ2v) is 6.44. The molecule has 1 aromatic carbocycles. The molecule has 1 aromatic rings. The van der Waals surface area contributed by atoms with E-state index in [2.05, 4.69) is 18.0 Å². The van der Waals surface area contributed by atoms with Crippen molar-refractivity contribution in [2.24, 2.45) is 16.9 Å². The molecule has 3 aliphatic rings. The minimum absolute atomic E-state index is 0.185. The Morgan fingerprint density at radius 2 is 1.81 bits per heavy atom. The van der Waals surface area contributed by atoms with Crippen LogP contribution >= 0.6 is 0 Å². The van der Waals surface area contributed by atoms with Crippen molar-refractivity contribution in [3.05, 3.63) is 66.5 Å². The third-order valence-electron chi connectivity index (χ3n) is 4.87.